The van der Waals surface area contributed by atoms with E-state index in [2.05, 4.69) is 84.7 Å². The van der Waals surface area contributed by atoms with Crippen LogP contribution in [0.25, 0.3) is 32.9 Å². The maximum Gasteiger partial charge on any atom is 0.105 e. The predicted molar refractivity (Wildman–Crippen MR) is 94.5 cm³/mol. The van der Waals surface area contributed by atoms with E-state index in [1.54, 1.807) is 0 Å². The molecule has 0 spiro atoms. The Balaban J connectivity index is 2.11. The summed E-state index contributed by atoms with van der Waals surface area (Å²) in [5.41, 5.74) is 6.57. The SMILES string of the molecule is Cc1cc(C)cc(-c2nnnc3c2ccc2cccc(C)c23)c1. The van der Waals surface area contributed by atoms with Gasteiger partial charge in [-0.3, -0.25) is 0 Å². The summed E-state index contributed by atoms with van der Waals surface area (Å²) in [7, 11) is 0. The summed E-state index contributed by atoms with van der Waals surface area (Å²) in [4.78, 5) is 0. The van der Waals surface area contributed by atoms with Crippen LogP contribution in [0.15, 0.2) is 48.5 Å². The molecule has 0 fully saturated rings. The van der Waals surface area contributed by atoms with Crippen LogP contribution in [0.3, 0.4) is 0 Å². The van der Waals surface area contributed by atoms with Crippen molar-refractivity contribution < 1.29 is 0 Å². The van der Waals surface area contributed by atoms with E-state index in [4.69, 9.17) is 0 Å². The molecule has 3 heteroatoms. The summed E-state index contributed by atoms with van der Waals surface area (Å²) in [6, 6.07) is 17.0. The topological polar surface area (TPSA) is 38.7 Å². The first-order valence-corrected chi connectivity index (χ1v) is 7.73. The number of aryl methyl sites for hydroxylation is 3. The molecule has 0 unspecified atom stereocenters. The van der Waals surface area contributed by atoms with Gasteiger partial charge in [-0.05, 0) is 55.1 Å². The molecule has 0 aliphatic heterocycles. The first-order valence-electron chi connectivity index (χ1n) is 7.73. The first-order chi connectivity index (χ1) is 11.1. The lowest BCUT2D eigenvalue weighted by atomic mass is 9.98. The Labute approximate surface area is 135 Å². The molecule has 0 saturated heterocycles. The van der Waals surface area contributed by atoms with E-state index >= 15 is 0 Å². The highest BCUT2D eigenvalue weighted by Crippen LogP contribution is 2.31. The van der Waals surface area contributed by atoms with Gasteiger partial charge in [0.25, 0.3) is 0 Å². The van der Waals surface area contributed by atoms with Gasteiger partial charge in [0.1, 0.15) is 11.2 Å². The minimum absolute atomic E-state index is 0.895. The molecule has 0 amide bonds. The second-order valence-electron chi connectivity index (χ2n) is 6.15. The van der Waals surface area contributed by atoms with Gasteiger partial charge < -0.3 is 0 Å². The summed E-state index contributed by atoms with van der Waals surface area (Å²) < 4.78 is 0. The quantitative estimate of drug-likeness (QED) is 0.475. The van der Waals surface area contributed by atoms with Crippen molar-refractivity contribution in [2.45, 2.75) is 20.8 Å². The molecule has 0 atom stereocenters. The zero-order valence-corrected chi connectivity index (χ0v) is 13.5. The number of benzene rings is 3. The minimum atomic E-state index is 0.895. The molecule has 0 aliphatic carbocycles. The summed E-state index contributed by atoms with van der Waals surface area (Å²) in [5.74, 6) is 0. The van der Waals surface area contributed by atoms with Crippen molar-refractivity contribution in [3.05, 3.63) is 65.2 Å². The lowest BCUT2D eigenvalue weighted by Gasteiger charge is -2.09. The molecule has 0 saturated carbocycles. The van der Waals surface area contributed by atoms with Gasteiger partial charge in [-0.25, -0.2) is 0 Å². The number of hydrogen-bond acceptors (Lipinski definition) is 3. The van der Waals surface area contributed by atoms with Crippen LogP contribution in [0.5, 0.6) is 0 Å². The van der Waals surface area contributed by atoms with Gasteiger partial charge in [-0.15, -0.1) is 10.2 Å². The third-order valence-corrected chi connectivity index (χ3v) is 4.27. The van der Waals surface area contributed by atoms with E-state index in [9.17, 15) is 0 Å². The second-order valence-corrected chi connectivity index (χ2v) is 6.15. The standard InChI is InChI=1S/C20H17N3/c1-12-9-13(2)11-16(10-12)19-17-8-7-15-6-4-5-14(3)18(15)20(17)22-23-21-19/h4-11H,1-3H3. The highest BCUT2D eigenvalue weighted by atomic mass is 15.3. The van der Waals surface area contributed by atoms with Crippen molar-refractivity contribution in [2.75, 3.05) is 0 Å². The highest BCUT2D eigenvalue weighted by molar-refractivity contribution is 6.10. The number of aromatic nitrogens is 3. The molecule has 4 rings (SSSR count). The Kier molecular flexibility index (Phi) is 3.08. The molecular formula is C20H17N3. The van der Waals surface area contributed by atoms with E-state index < -0.39 is 0 Å². The number of rotatable bonds is 1. The molecule has 23 heavy (non-hydrogen) atoms. The van der Waals surface area contributed by atoms with Crippen molar-refractivity contribution in [3.63, 3.8) is 0 Å². The molecule has 3 aromatic carbocycles. The van der Waals surface area contributed by atoms with Crippen molar-refractivity contribution in [2.24, 2.45) is 0 Å². The van der Waals surface area contributed by atoms with E-state index in [0.717, 1.165) is 27.5 Å². The summed E-state index contributed by atoms with van der Waals surface area (Å²) in [6.07, 6.45) is 0. The predicted octanol–water partition coefficient (Wildman–Crippen LogP) is 4.77. The molecule has 0 N–H and O–H groups in total. The lowest BCUT2D eigenvalue weighted by molar-refractivity contribution is 0.902. The van der Waals surface area contributed by atoms with E-state index in [1.807, 2.05) is 0 Å². The van der Waals surface area contributed by atoms with Crippen LogP contribution in [0.1, 0.15) is 16.7 Å². The average molecular weight is 299 g/mol. The largest absolute Gasteiger partial charge is 0.129 e. The van der Waals surface area contributed by atoms with Gasteiger partial charge in [0.15, 0.2) is 0 Å². The molecule has 3 nitrogen and oxygen atoms in total. The van der Waals surface area contributed by atoms with Crippen LogP contribution < -0.4 is 0 Å². The monoisotopic (exact) mass is 299 g/mol. The Morgan fingerprint density at radius 2 is 1.57 bits per heavy atom. The van der Waals surface area contributed by atoms with Gasteiger partial charge in [0.05, 0.1) is 0 Å². The molecular weight excluding hydrogens is 282 g/mol. The van der Waals surface area contributed by atoms with E-state index in [0.29, 0.717) is 0 Å². The van der Waals surface area contributed by atoms with Crippen LogP contribution in [0, 0.1) is 20.8 Å². The number of nitrogens with zero attached hydrogens (tertiary/aromatic N) is 3. The molecule has 0 radical (unpaired) electrons. The number of hydrogen-bond donors (Lipinski definition) is 0. The maximum atomic E-state index is 4.34. The zero-order chi connectivity index (χ0) is 16.0. The normalized spacial score (nSPS) is 11.3. The van der Waals surface area contributed by atoms with Gasteiger partial charge in [0.2, 0.25) is 0 Å². The number of fused-ring (bicyclic) bond motifs is 3. The fraction of sp³-hybridized carbons (Fsp3) is 0.150. The second kappa shape index (κ2) is 5.13. The molecule has 1 aromatic heterocycles. The average Bonchev–Trinajstić information content (AvgIpc) is 2.53. The smallest absolute Gasteiger partial charge is 0.105 e. The van der Waals surface area contributed by atoms with E-state index in [-0.39, 0.29) is 0 Å². The van der Waals surface area contributed by atoms with Crippen LogP contribution in [-0.4, -0.2) is 15.4 Å². The Hall–Kier alpha value is -2.81. The van der Waals surface area contributed by atoms with Crippen molar-refractivity contribution >= 4 is 21.7 Å². The highest BCUT2D eigenvalue weighted by Gasteiger charge is 2.12. The molecule has 1 heterocycles. The maximum absolute atomic E-state index is 4.34. The third-order valence-electron chi connectivity index (χ3n) is 4.27. The third kappa shape index (κ3) is 2.25. The minimum Gasteiger partial charge on any atom is -0.129 e. The molecule has 0 bridgehead atoms. The fourth-order valence-corrected chi connectivity index (χ4v) is 3.32. The van der Waals surface area contributed by atoms with Crippen molar-refractivity contribution in [3.8, 4) is 11.3 Å². The van der Waals surface area contributed by atoms with Crippen molar-refractivity contribution in [1.82, 2.24) is 15.4 Å². The summed E-state index contributed by atoms with van der Waals surface area (Å²) >= 11 is 0. The van der Waals surface area contributed by atoms with Crippen LogP contribution in [0.4, 0.5) is 0 Å². The molecule has 112 valence electrons. The van der Waals surface area contributed by atoms with Crippen LogP contribution in [-0.2, 0) is 0 Å². The fourth-order valence-electron chi connectivity index (χ4n) is 3.32. The zero-order valence-electron chi connectivity index (χ0n) is 13.5. The Morgan fingerprint density at radius 1 is 0.783 bits per heavy atom. The lowest BCUT2D eigenvalue weighted by Crippen LogP contribution is -1.96. The van der Waals surface area contributed by atoms with Gasteiger partial charge in [-0.1, -0.05) is 41.5 Å². The van der Waals surface area contributed by atoms with Crippen molar-refractivity contribution in [1.29, 1.82) is 0 Å². The Morgan fingerprint density at radius 3 is 2.35 bits per heavy atom. The summed E-state index contributed by atoms with van der Waals surface area (Å²) in [5, 5.41) is 16.1. The van der Waals surface area contributed by atoms with Crippen LogP contribution in [0.2, 0.25) is 0 Å². The van der Waals surface area contributed by atoms with Gasteiger partial charge >= 0.3 is 0 Å². The summed E-state index contributed by atoms with van der Waals surface area (Å²) in [6.45, 7) is 6.32. The molecule has 0 aliphatic rings. The van der Waals surface area contributed by atoms with E-state index in [1.165, 1.54) is 22.1 Å². The van der Waals surface area contributed by atoms with Gasteiger partial charge in [-0.2, -0.15) is 0 Å². The van der Waals surface area contributed by atoms with Gasteiger partial charge in [0, 0.05) is 16.3 Å². The molecule has 4 aromatic rings. The van der Waals surface area contributed by atoms with Crippen LogP contribution >= 0.6 is 0 Å². The first kappa shape index (κ1) is 13.8. The Bertz CT molecular complexity index is 1030.